The number of nitrogens with zero attached hydrogens (tertiary/aromatic N) is 1. The van der Waals surface area contributed by atoms with Gasteiger partial charge in [-0.1, -0.05) is 36.4 Å². The summed E-state index contributed by atoms with van der Waals surface area (Å²) < 4.78 is 10.9. The van der Waals surface area contributed by atoms with E-state index in [4.69, 9.17) is 9.47 Å². The van der Waals surface area contributed by atoms with Crippen molar-refractivity contribution in [3.63, 3.8) is 0 Å². The van der Waals surface area contributed by atoms with E-state index in [-0.39, 0.29) is 6.03 Å². The van der Waals surface area contributed by atoms with Gasteiger partial charge >= 0.3 is 6.03 Å². The maximum atomic E-state index is 12.3. The van der Waals surface area contributed by atoms with E-state index in [2.05, 4.69) is 15.6 Å². The van der Waals surface area contributed by atoms with E-state index in [0.29, 0.717) is 30.3 Å². The van der Waals surface area contributed by atoms with E-state index in [1.165, 1.54) is 0 Å². The Labute approximate surface area is 174 Å². The lowest BCUT2D eigenvalue weighted by atomic mass is 10.1. The normalized spacial score (nSPS) is 17.1. The first kappa shape index (κ1) is 19.7. The molecule has 0 radical (unpaired) electrons. The first-order valence-corrected chi connectivity index (χ1v) is 9.69. The highest BCUT2D eigenvalue weighted by Gasteiger charge is 2.31. The van der Waals surface area contributed by atoms with Crippen LogP contribution in [-0.4, -0.2) is 29.3 Å². The van der Waals surface area contributed by atoms with E-state index < -0.39 is 12.1 Å². The van der Waals surface area contributed by atoms with Crippen LogP contribution in [0.4, 0.5) is 4.79 Å². The van der Waals surface area contributed by atoms with E-state index in [9.17, 15) is 9.90 Å². The number of aromatic nitrogens is 1. The Morgan fingerprint density at radius 1 is 1.13 bits per heavy atom. The molecule has 0 spiro atoms. The van der Waals surface area contributed by atoms with E-state index in [0.717, 1.165) is 16.7 Å². The molecule has 0 bridgehead atoms. The van der Waals surface area contributed by atoms with Gasteiger partial charge in [0.2, 0.25) is 5.88 Å². The zero-order valence-corrected chi connectivity index (χ0v) is 16.5. The first-order valence-electron chi connectivity index (χ1n) is 9.69. The van der Waals surface area contributed by atoms with Crippen molar-refractivity contribution in [2.75, 3.05) is 7.11 Å². The molecule has 2 amide bonds. The number of carbonyl (C=O) groups excluding carboxylic acids is 1. The summed E-state index contributed by atoms with van der Waals surface area (Å²) in [5, 5.41) is 15.9. The molecular formula is C23H23N3O4. The van der Waals surface area contributed by atoms with Crippen LogP contribution in [0.2, 0.25) is 0 Å². The molecule has 30 heavy (non-hydrogen) atoms. The molecule has 0 saturated heterocycles. The number of pyridine rings is 1. The SMILES string of the molecule is COc1cccc(Oc2ccc(CNC(=O)N[C@@H]3c4ccccc4C[C@@H]3O)cn2)c1. The Morgan fingerprint density at radius 3 is 2.77 bits per heavy atom. The minimum atomic E-state index is -0.622. The quantitative estimate of drug-likeness (QED) is 0.585. The highest BCUT2D eigenvalue weighted by molar-refractivity contribution is 5.74. The molecule has 0 saturated carbocycles. The second-order valence-electron chi connectivity index (χ2n) is 7.06. The highest BCUT2D eigenvalue weighted by atomic mass is 16.5. The Bertz CT molecular complexity index is 1020. The van der Waals surface area contributed by atoms with Crippen molar-refractivity contribution in [3.05, 3.63) is 83.6 Å². The van der Waals surface area contributed by atoms with Gasteiger partial charge in [0.15, 0.2) is 0 Å². The maximum Gasteiger partial charge on any atom is 0.315 e. The summed E-state index contributed by atoms with van der Waals surface area (Å²) in [5.74, 6) is 1.78. The zero-order valence-electron chi connectivity index (χ0n) is 16.5. The predicted molar refractivity (Wildman–Crippen MR) is 112 cm³/mol. The van der Waals surface area contributed by atoms with Gasteiger partial charge in [-0.2, -0.15) is 0 Å². The van der Waals surface area contributed by atoms with Crippen molar-refractivity contribution in [1.29, 1.82) is 0 Å². The number of hydrogen-bond donors (Lipinski definition) is 3. The van der Waals surface area contributed by atoms with Gasteiger partial charge in [-0.05, 0) is 28.8 Å². The summed E-state index contributed by atoms with van der Waals surface area (Å²) in [7, 11) is 1.60. The van der Waals surface area contributed by atoms with Gasteiger partial charge in [-0.3, -0.25) is 0 Å². The molecule has 2 aromatic carbocycles. The second-order valence-corrected chi connectivity index (χ2v) is 7.06. The Kier molecular flexibility index (Phi) is 5.81. The van der Waals surface area contributed by atoms with E-state index in [1.807, 2.05) is 48.5 Å². The van der Waals surface area contributed by atoms with E-state index >= 15 is 0 Å². The number of methoxy groups -OCH3 is 1. The van der Waals surface area contributed by atoms with Crippen molar-refractivity contribution in [1.82, 2.24) is 15.6 Å². The van der Waals surface area contributed by atoms with Crippen LogP contribution < -0.4 is 20.1 Å². The minimum absolute atomic E-state index is 0.308. The fourth-order valence-electron chi connectivity index (χ4n) is 3.48. The molecule has 0 aliphatic heterocycles. The van der Waals surface area contributed by atoms with Crippen molar-refractivity contribution < 1.29 is 19.4 Å². The number of ether oxygens (including phenoxy) is 2. The fraction of sp³-hybridized carbons (Fsp3) is 0.217. The van der Waals surface area contributed by atoms with Gasteiger partial charge < -0.3 is 25.2 Å². The molecule has 4 rings (SSSR count). The molecule has 1 aliphatic rings. The van der Waals surface area contributed by atoms with E-state index in [1.54, 1.807) is 25.4 Å². The lowest BCUT2D eigenvalue weighted by Gasteiger charge is -2.18. The van der Waals surface area contributed by atoms with Crippen molar-refractivity contribution in [2.45, 2.75) is 25.1 Å². The third-order valence-electron chi connectivity index (χ3n) is 5.00. The monoisotopic (exact) mass is 405 g/mol. The lowest BCUT2D eigenvalue weighted by molar-refractivity contribution is 0.142. The van der Waals surface area contributed by atoms with Gasteiger partial charge in [0.1, 0.15) is 11.5 Å². The molecule has 7 heteroatoms. The molecule has 1 aromatic heterocycles. The van der Waals surface area contributed by atoms with Crippen LogP contribution >= 0.6 is 0 Å². The molecule has 1 aliphatic carbocycles. The van der Waals surface area contributed by atoms with Crippen molar-refractivity contribution in [3.8, 4) is 17.4 Å². The third kappa shape index (κ3) is 4.52. The summed E-state index contributed by atoms with van der Waals surface area (Å²) in [6, 6.07) is 17.8. The van der Waals surface area contributed by atoms with Crippen LogP contribution in [-0.2, 0) is 13.0 Å². The lowest BCUT2D eigenvalue weighted by Crippen LogP contribution is -2.40. The maximum absolute atomic E-state index is 12.3. The van der Waals surface area contributed by atoms with Crippen LogP contribution in [0.1, 0.15) is 22.7 Å². The Hall–Kier alpha value is -3.58. The number of carbonyl (C=O) groups is 1. The Balaban J connectivity index is 1.30. The van der Waals surface area contributed by atoms with Gasteiger partial charge in [-0.15, -0.1) is 0 Å². The molecule has 3 N–H and O–H groups in total. The average molecular weight is 405 g/mol. The second kappa shape index (κ2) is 8.84. The van der Waals surface area contributed by atoms with Crippen LogP contribution in [0, 0.1) is 0 Å². The highest BCUT2D eigenvalue weighted by Crippen LogP contribution is 2.31. The van der Waals surface area contributed by atoms with Gasteiger partial charge in [0.25, 0.3) is 0 Å². The number of fused-ring (bicyclic) bond motifs is 1. The predicted octanol–water partition coefficient (Wildman–Crippen LogP) is 3.34. The molecule has 0 fully saturated rings. The smallest absolute Gasteiger partial charge is 0.315 e. The zero-order chi connectivity index (χ0) is 20.9. The molecule has 1 heterocycles. The van der Waals surface area contributed by atoms with Gasteiger partial charge in [-0.25, -0.2) is 9.78 Å². The number of amides is 2. The molecule has 2 atom stereocenters. The fourth-order valence-corrected chi connectivity index (χ4v) is 3.48. The molecule has 3 aromatic rings. The number of aliphatic hydroxyl groups excluding tert-OH is 1. The number of hydrogen-bond acceptors (Lipinski definition) is 5. The van der Waals surface area contributed by atoms with Crippen LogP contribution in [0.3, 0.4) is 0 Å². The molecule has 7 nitrogen and oxygen atoms in total. The largest absolute Gasteiger partial charge is 0.497 e. The summed E-state index contributed by atoms with van der Waals surface area (Å²) in [6.45, 7) is 0.308. The standard InChI is InChI=1S/C23H23N3O4/c1-29-17-6-4-7-18(12-17)30-21-10-9-15(13-24-21)14-25-23(28)26-22-19-8-3-2-5-16(19)11-20(22)27/h2-10,12-13,20,22,27H,11,14H2,1H3,(H2,25,26,28)/t20-,22+/m0/s1. The van der Waals surface area contributed by atoms with Gasteiger partial charge in [0.05, 0.1) is 19.3 Å². The number of nitrogens with one attached hydrogen (secondary N) is 2. The summed E-state index contributed by atoms with van der Waals surface area (Å²) in [6.07, 6.45) is 1.57. The number of aliphatic hydroxyl groups is 1. The third-order valence-corrected chi connectivity index (χ3v) is 5.00. The number of urea groups is 1. The summed E-state index contributed by atoms with van der Waals surface area (Å²) >= 11 is 0. The van der Waals surface area contributed by atoms with Crippen LogP contribution in [0.15, 0.2) is 66.9 Å². The summed E-state index contributed by atoms with van der Waals surface area (Å²) in [5.41, 5.74) is 2.85. The topological polar surface area (TPSA) is 92.7 Å². The minimum Gasteiger partial charge on any atom is -0.497 e. The average Bonchev–Trinajstić information content (AvgIpc) is 3.08. The Morgan fingerprint density at radius 2 is 1.97 bits per heavy atom. The van der Waals surface area contributed by atoms with Crippen LogP contribution in [0.25, 0.3) is 0 Å². The first-order chi connectivity index (χ1) is 14.6. The number of benzene rings is 2. The molecule has 0 unspecified atom stereocenters. The van der Waals surface area contributed by atoms with Crippen molar-refractivity contribution >= 4 is 6.03 Å². The number of rotatable bonds is 6. The molecule has 154 valence electrons. The summed E-state index contributed by atoms with van der Waals surface area (Å²) in [4.78, 5) is 16.6. The van der Waals surface area contributed by atoms with Crippen LogP contribution in [0.5, 0.6) is 17.4 Å². The molecular weight excluding hydrogens is 382 g/mol. The van der Waals surface area contributed by atoms with Crippen molar-refractivity contribution in [2.24, 2.45) is 0 Å². The van der Waals surface area contributed by atoms with Gasteiger partial charge in [0, 0.05) is 31.3 Å².